The number of fused-ring (bicyclic) bond motifs is 9. The molecule has 0 saturated heterocycles. The molecular formula is C32H21N. The third-order valence-electron chi connectivity index (χ3n) is 7.18. The Labute approximate surface area is 193 Å². The van der Waals surface area contributed by atoms with Crippen LogP contribution in [0.1, 0.15) is 33.4 Å². The fourth-order valence-electron chi connectivity index (χ4n) is 5.94. The third kappa shape index (κ3) is 2.39. The highest BCUT2D eigenvalue weighted by atomic mass is 14.7. The molecule has 0 amide bonds. The molecule has 33 heavy (non-hydrogen) atoms. The van der Waals surface area contributed by atoms with Crippen molar-refractivity contribution >= 4 is 12.2 Å². The number of benzene rings is 4. The smallest absolute Gasteiger partial charge is 0.0725 e. The van der Waals surface area contributed by atoms with Crippen LogP contribution >= 0.6 is 0 Å². The summed E-state index contributed by atoms with van der Waals surface area (Å²) in [5, 5.41) is 0. The molecule has 0 N–H and O–H groups in total. The van der Waals surface area contributed by atoms with E-state index in [0.717, 1.165) is 5.69 Å². The molecule has 0 radical (unpaired) electrons. The standard InChI is InChI=1S/C32H21N/c1-4-14-26-22(10-1)19-20-23-11-2-5-15-27(23)32(26)28-16-6-3-12-24(28)31-25(13-9-17-29(31)32)30-18-7-8-21-33-30/h1-21H. The zero-order valence-corrected chi connectivity index (χ0v) is 18.1. The van der Waals surface area contributed by atoms with Gasteiger partial charge >= 0.3 is 0 Å². The van der Waals surface area contributed by atoms with Gasteiger partial charge in [-0.05, 0) is 56.6 Å². The number of rotatable bonds is 1. The number of nitrogens with zero attached hydrogens (tertiary/aromatic N) is 1. The van der Waals surface area contributed by atoms with Gasteiger partial charge in [-0.1, -0.05) is 109 Å². The topological polar surface area (TPSA) is 12.9 Å². The van der Waals surface area contributed by atoms with Crippen molar-refractivity contribution in [2.75, 3.05) is 0 Å². The van der Waals surface area contributed by atoms with Crippen LogP contribution in [0, 0.1) is 0 Å². The molecule has 1 heterocycles. The van der Waals surface area contributed by atoms with E-state index in [1.54, 1.807) is 0 Å². The van der Waals surface area contributed by atoms with Gasteiger partial charge in [-0.2, -0.15) is 0 Å². The van der Waals surface area contributed by atoms with Crippen molar-refractivity contribution in [1.82, 2.24) is 4.98 Å². The van der Waals surface area contributed by atoms with Gasteiger partial charge in [0.05, 0.1) is 11.1 Å². The number of aromatic nitrogens is 1. The highest BCUT2D eigenvalue weighted by Crippen LogP contribution is 2.59. The summed E-state index contributed by atoms with van der Waals surface area (Å²) >= 11 is 0. The Morgan fingerprint density at radius 3 is 1.73 bits per heavy atom. The molecule has 2 aliphatic rings. The predicted molar refractivity (Wildman–Crippen MR) is 136 cm³/mol. The first-order valence-electron chi connectivity index (χ1n) is 11.4. The molecule has 7 rings (SSSR count). The van der Waals surface area contributed by atoms with Crippen LogP contribution in [0.4, 0.5) is 0 Å². The second kappa shape index (κ2) is 6.88. The van der Waals surface area contributed by atoms with Crippen LogP contribution in [0.3, 0.4) is 0 Å². The summed E-state index contributed by atoms with van der Waals surface area (Å²) in [6, 6.07) is 39.5. The first kappa shape index (κ1) is 18.4. The highest BCUT2D eigenvalue weighted by Gasteiger charge is 2.48. The summed E-state index contributed by atoms with van der Waals surface area (Å²) in [5.74, 6) is 0. The minimum absolute atomic E-state index is 0.382. The molecule has 5 aromatic rings. The Morgan fingerprint density at radius 1 is 0.455 bits per heavy atom. The van der Waals surface area contributed by atoms with Crippen molar-refractivity contribution in [3.63, 3.8) is 0 Å². The van der Waals surface area contributed by atoms with Crippen LogP contribution in [-0.2, 0) is 5.41 Å². The Balaban J connectivity index is 1.70. The molecule has 0 fully saturated rings. The molecule has 4 aromatic carbocycles. The highest BCUT2D eigenvalue weighted by molar-refractivity contribution is 5.96. The van der Waals surface area contributed by atoms with Crippen molar-refractivity contribution < 1.29 is 0 Å². The Bertz CT molecular complexity index is 1510. The largest absolute Gasteiger partial charge is 0.256 e. The lowest BCUT2D eigenvalue weighted by atomic mass is 9.66. The number of hydrogen-bond donors (Lipinski definition) is 0. The van der Waals surface area contributed by atoms with Crippen molar-refractivity contribution in [3.8, 4) is 22.4 Å². The summed E-state index contributed by atoms with van der Waals surface area (Å²) in [5.41, 5.74) is 12.2. The summed E-state index contributed by atoms with van der Waals surface area (Å²) in [6.45, 7) is 0. The van der Waals surface area contributed by atoms with Crippen LogP contribution in [-0.4, -0.2) is 4.98 Å². The molecular weight excluding hydrogens is 398 g/mol. The van der Waals surface area contributed by atoms with E-state index in [1.165, 1.54) is 50.1 Å². The van der Waals surface area contributed by atoms with E-state index in [1.807, 2.05) is 12.3 Å². The van der Waals surface area contributed by atoms with E-state index in [4.69, 9.17) is 4.98 Å². The molecule has 0 bridgehead atoms. The quantitative estimate of drug-likeness (QED) is 0.267. The van der Waals surface area contributed by atoms with Gasteiger partial charge in [-0.3, -0.25) is 4.98 Å². The van der Waals surface area contributed by atoms with Crippen LogP contribution in [0.25, 0.3) is 34.5 Å². The van der Waals surface area contributed by atoms with Gasteiger partial charge in [0.2, 0.25) is 0 Å². The fourth-order valence-corrected chi connectivity index (χ4v) is 5.94. The maximum Gasteiger partial charge on any atom is 0.0725 e. The van der Waals surface area contributed by atoms with Gasteiger partial charge in [0.25, 0.3) is 0 Å². The Kier molecular flexibility index (Phi) is 3.83. The van der Waals surface area contributed by atoms with Gasteiger partial charge in [0, 0.05) is 11.8 Å². The molecule has 0 saturated carbocycles. The zero-order valence-electron chi connectivity index (χ0n) is 18.1. The lowest BCUT2D eigenvalue weighted by molar-refractivity contribution is 0.766. The van der Waals surface area contributed by atoms with Gasteiger partial charge in [-0.15, -0.1) is 0 Å². The van der Waals surface area contributed by atoms with Gasteiger partial charge < -0.3 is 0 Å². The van der Waals surface area contributed by atoms with Crippen LogP contribution in [0.2, 0.25) is 0 Å². The predicted octanol–water partition coefficient (Wildman–Crippen LogP) is 7.60. The van der Waals surface area contributed by atoms with E-state index in [9.17, 15) is 0 Å². The molecule has 154 valence electrons. The van der Waals surface area contributed by atoms with Crippen molar-refractivity contribution in [2.45, 2.75) is 5.41 Å². The monoisotopic (exact) mass is 419 g/mol. The SMILES string of the molecule is C1=Cc2ccccc2C2(c3ccccc31)c1ccccc1-c1c(-c3ccccn3)cccc12. The number of pyridine rings is 1. The van der Waals surface area contributed by atoms with Crippen molar-refractivity contribution in [3.05, 3.63) is 149 Å². The Hall–Kier alpha value is -4.23. The van der Waals surface area contributed by atoms with E-state index >= 15 is 0 Å². The normalized spacial score (nSPS) is 14.2. The van der Waals surface area contributed by atoms with Crippen molar-refractivity contribution in [1.29, 1.82) is 0 Å². The van der Waals surface area contributed by atoms with Gasteiger partial charge in [0.15, 0.2) is 0 Å². The first-order valence-corrected chi connectivity index (χ1v) is 11.4. The van der Waals surface area contributed by atoms with E-state index < -0.39 is 0 Å². The molecule has 1 aromatic heterocycles. The van der Waals surface area contributed by atoms with Gasteiger partial charge in [-0.25, -0.2) is 0 Å². The second-order valence-corrected chi connectivity index (χ2v) is 8.75. The summed E-state index contributed by atoms with van der Waals surface area (Å²) in [6.07, 6.45) is 6.42. The average molecular weight is 420 g/mol. The third-order valence-corrected chi connectivity index (χ3v) is 7.18. The first-order chi connectivity index (χ1) is 16.4. The lowest BCUT2D eigenvalue weighted by Gasteiger charge is -2.35. The molecule has 0 atom stereocenters. The fraction of sp³-hybridized carbons (Fsp3) is 0.0312. The molecule has 0 aliphatic heterocycles. The molecule has 1 nitrogen and oxygen atoms in total. The maximum absolute atomic E-state index is 4.73. The van der Waals surface area contributed by atoms with Crippen LogP contribution in [0.15, 0.2) is 115 Å². The summed E-state index contributed by atoms with van der Waals surface area (Å²) in [4.78, 5) is 4.73. The van der Waals surface area contributed by atoms with Crippen molar-refractivity contribution in [2.24, 2.45) is 0 Å². The minimum atomic E-state index is -0.382. The second-order valence-electron chi connectivity index (χ2n) is 8.75. The molecule has 1 heteroatoms. The van der Waals surface area contributed by atoms with E-state index in [-0.39, 0.29) is 5.41 Å². The Morgan fingerprint density at radius 2 is 1.03 bits per heavy atom. The van der Waals surface area contributed by atoms with E-state index in [0.29, 0.717) is 0 Å². The summed E-state index contributed by atoms with van der Waals surface area (Å²) in [7, 11) is 0. The molecule has 2 aliphatic carbocycles. The molecule has 0 unspecified atom stereocenters. The number of hydrogen-bond acceptors (Lipinski definition) is 1. The average Bonchev–Trinajstić information content (AvgIpc) is 3.10. The summed E-state index contributed by atoms with van der Waals surface area (Å²) < 4.78 is 0. The van der Waals surface area contributed by atoms with Crippen LogP contribution in [0.5, 0.6) is 0 Å². The molecule has 1 spiro atoms. The lowest BCUT2D eigenvalue weighted by Crippen LogP contribution is -2.29. The van der Waals surface area contributed by atoms with E-state index in [2.05, 4.69) is 115 Å². The zero-order chi connectivity index (χ0) is 21.8. The maximum atomic E-state index is 4.73. The van der Waals surface area contributed by atoms with Crippen LogP contribution < -0.4 is 0 Å². The van der Waals surface area contributed by atoms with Gasteiger partial charge in [0.1, 0.15) is 0 Å². The minimum Gasteiger partial charge on any atom is -0.256 e.